The van der Waals surface area contributed by atoms with Gasteiger partial charge >= 0.3 is 5.97 Å². The van der Waals surface area contributed by atoms with E-state index in [1.807, 2.05) is 35.2 Å². The van der Waals surface area contributed by atoms with Crippen molar-refractivity contribution in [1.82, 2.24) is 9.78 Å². The Morgan fingerprint density at radius 2 is 1.86 bits per heavy atom. The number of benzene rings is 1. The number of anilines is 1. The molecule has 0 saturated carbocycles. The van der Waals surface area contributed by atoms with Crippen LogP contribution in [0.4, 0.5) is 5.82 Å². The van der Waals surface area contributed by atoms with Gasteiger partial charge in [0.1, 0.15) is 11.4 Å². The summed E-state index contributed by atoms with van der Waals surface area (Å²) in [6.07, 6.45) is 2.36. The van der Waals surface area contributed by atoms with Gasteiger partial charge in [-0.15, -0.1) is 0 Å². The second-order valence-electron chi connectivity index (χ2n) is 5.15. The van der Waals surface area contributed by atoms with Gasteiger partial charge in [0.25, 0.3) is 0 Å². The Kier molecular flexibility index (Phi) is 3.62. The summed E-state index contributed by atoms with van der Waals surface area (Å²) in [5, 5.41) is 23.2. The van der Waals surface area contributed by atoms with E-state index in [1.54, 1.807) is 4.68 Å². The molecule has 0 spiro atoms. The number of aliphatic hydroxyl groups is 1. The zero-order chi connectivity index (χ0) is 14.8. The van der Waals surface area contributed by atoms with Crippen LogP contribution in [-0.4, -0.2) is 45.2 Å². The summed E-state index contributed by atoms with van der Waals surface area (Å²) in [6, 6.07) is 9.46. The molecule has 0 bridgehead atoms. The lowest BCUT2D eigenvalue weighted by Gasteiger charge is -2.32. The third kappa shape index (κ3) is 2.62. The van der Waals surface area contributed by atoms with Gasteiger partial charge in [0, 0.05) is 13.1 Å². The van der Waals surface area contributed by atoms with Crippen LogP contribution in [0, 0.1) is 0 Å². The number of nitrogens with zero attached hydrogens (tertiary/aromatic N) is 3. The van der Waals surface area contributed by atoms with E-state index in [0.717, 1.165) is 5.69 Å². The lowest BCUT2D eigenvalue weighted by molar-refractivity contribution is 0.0697. The minimum absolute atomic E-state index is 0.190. The van der Waals surface area contributed by atoms with Gasteiger partial charge in [-0.2, -0.15) is 5.10 Å². The summed E-state index contributed by atoms with van der Waals surface area (Å²) < 4.78 is 1.65. The minimum atomic E-state index is -0.988. The first-order chi connectivity index (χ1) is 10.2. The maximum atomic E-state index is 11.4. The highest BCUT2D eigenvalue weighted by molar-refractivity contribution is 5.93. The lowest BCUT2D eigenvalue weighted by atomic mass is 10.1. The van der Waals surface area contributed by atoms with Crippen molar-refractivity contribution in [2.75, 3.05) is 18.0 Å². The molecule has 0 unspecified atom stereocenters. The molecule has 0 radical (unpaired) electrons. The van der Waals surface area contributed by atoms with E-state index in [-0.39, 0.29) is 11.7 Å². The van der Waals surface area contributed by atoms with Crippen molar-refractivity contribution < 1.29 is 15.0 Å². The lowest BCUT2D eigenvalue weighted by Crippen LogP contribution is -2.37. The fourth-order valence-corrected chi connectivity index (χ4v) is 2.63. The monoisotopic (exact) mass is 287 g/mol. The molecule has 21 heavy (non-hydrogen) atoms. The van der Waals surface area contributed by atoms with Crippen LogP contribution in [0.1, 0.15) is 23.2 Å². The molecule has 2 aromatic rings. The Morgan fingerprint density at radius 3 is 2.48 bits per heavy atom. The number of aromatic nitrogens is 2. The van der Waals surface area contributed by atoms with Gasteiger partial charge in [0.05, 0.1) is 18.0 Å². The van der Waals surface area contributed by atoms with Crippen molar-refractivity contribution in [2.24, 2.45) is 0 Å². The van der Waals surface area contributed by atoms with Crippen LogP contribution in [0.15, 0.2) is 36.5 Å². The highest BCUT2D eigenvalue weighted by Gasteiger charge is 2.26. The second-order valence-corrected chi connectivity index (χ2v) is 5.15. The first kappa shape index (κ1) is 13.6. The molecular formula is C15H17N3O3. The van der Waals surface area contributed by atoms with Crippen LogP contribution in [0.3, 0.4) is 0 Å². The summed E-state index contributed by atoms with van der Waals surface area (Å²) >= 11 is 0. The van der Waals surface area contributed by atoms with Crippen LogP contribution in [0.5, 0.6) is 0 Å². The average molecular weight is 287 g/mol. The van der Waals surface area contributed by atoms with Crippen molar-refractivity contribution in [1.29, 1.82) is 0 Å². The molecule has 1 saturated heterocycles. The molecule has 1 fully saturated rings. The Bertz CT molecular complexity index is 631. The fourth-order valence-electron chi connectivity index (χ4n) is 2.63. The molecule has 6 heteroatoms. The Hall–Kier alpha value is -2.34. The molecule has 6 nitrogen and oxygen atoms in total. The first-order valence-corrected chi connectivity index (χ1v) is 6.96. The van der Waals surface area contributed by atoms with Gasteiger partial charge in [0.15, 0.2) is 0 Å². The number of hydrogen-bond acceptors (Lipinski definition) is 4. The normalized spacial score (nSPS) is 16.1. The van der Waals surface area contributed by atoms with Crippen molar-refractivity contribution in [3.8, 4) is 5.69 Å². The number of aromatic carboxylic acids is 1. The summed E-state index contributed by atoms with van der Waals surface area (Å²) in [6.45, 7) is 1.25. The Morgan fingerprint density at radius 1 is 1.19 bits per heavy atom. The molecule has 3 rings (SSSR count). The average Bonchev–Trinajstić information content (AvgIpc) is 2.94. The molecule has 0 amide bonds. The van der Waals surface area contributed by atoms with E-state index in [1.165, 1.54) is 6.20 Å². The second kappa shape index (κ2) is 5.57. The summed E-state index contributed by atoms with van der Waals surface area (Å²) in [5.41, 5.74) is 1.02. The van der Waals surface area contributed by atoms with Crippen LogP contribution in [0.25, 0.3) is 5.69 Å². The predicted octanol–water partition coefficient (Wildman–Crippen LogP) is 1.53. The SMILES string of the molecule is O=C(O)c1cnn(-c2ccccc2)c1N1CCC(O)CC1. The zero-order valence-corrected chi connectivity index (χ0v) is 11.5. The topological polar surface area (TPSA) is 78.6 Å². The minimum Gasteiger partial charge on any atom is -0.477 e. The fraction of sp³-hybridized carbons (Fsp3) is 0.333. The highest BCUT2D eigenvalue weighted by Crippen LogP contribution is 2.27. The molecule has 2 heterocycles. The smallest absolute Gasteiger partial charge is 0.341 e. The highest BCUT2D eigenvalue weighted by atomic mass is 16.4. The molecule has 0 atom stereocenters. The van der Waals surface area contributed by atoms with Gasteiger partial charge in [-0.05, 0) is 25.0 Å². The number of carboxylic acid groups (broad SMARTS) is 1. The largest absolute Gasteiger partial charge is 0.477 e. The van der Waals surface area contributed by atoms with Gasteiger partial charge in [-0.3, -0.25) is 0 Å². The van der Waals surface area contributed by atoms with Gasteiger partial charge in [-0.1, -0.05) is 18.2 Å². The summed E-state index contributed by atoms with van der Waals surface area (Å²) in [5.74, 6) is -0.404. The maximum Gasteiger partial charge on any atom is 0.341 e. The van der Waals surface area contributed by atoms with E-state index in [9.17, 15) is 15.0 Å². The predicted molar refractivity (Wildman–Crippen MR) is 78.0 cm³/mol. The molecule has 1 aromatic carbocycles. The number of carbonyl (C=O) groups is 1. The van der Waals surface area contributed by atoms with E-state index in [0.29, 0.717) is 31.7 Å². The number of rotatable bonds is 3. The number of hydrogen-bond donors (Lipinski definition) is 2. The van der Waals surface area contributed by atoms with Gasteiger partial charge < -0.3 is 15.1 Å². The molecular weight excluding hydrogens is 270 g/mol. The van der Waals surface area contributed by atoms with E-state index < -0.39 is 5.97 Å². The third-order valence-corrected chi connectivity index (χ3v) is 3.74. The number of piperidine rings is 1. The molecule has 1 aromatic heterocycles. The number of aliphatic hydroxyl groups excluding tert-OH is 1. The van der Waals surface area contributed by atoms with Crippen LogP contribution >= 0.6 is 0 Å². The zero-order valence-electron chi connectivity index (χ0n) is 11.5. The van der Waals surface area contributed by atoms with Crippen molar-refractivity contribution in [3.05, 3.63) is 42.1 Å². The van der Waals surface area contributed by atoms with Crippen LogP contribution in [-0.2, 0) is 0 Å². The summed E-state index contributed by atoms with van der Waals surface area (Å²) in [7, 11) is 0. The van der Waals surface area contributed by atoms with Crippen LogP contribution < -0.4 is 4.90 Å². The Labute approximate surface area is 122 Å². The first-order valence-electron chi connectivity index (χ1n) is 6.96. The molecule has 110 valence electrons. The molecule has 1 aliphatic heterocycles. The van der Waals surface area contributed by atoms with Crippen LogP contribution in [0.2, 0.25) is 0 Å². The number of carboxylic acids is 1. The number of para-hydroxylation sites is 1. The maximum absolute atomic E-state index is 11.4. The van der Waals surface area contributed by atoms with Crippen molar-refractivity contribution in [2.45, 2.75) is 18.9 Å². The summed E-state index contributed by atoms with van der Waals surface area (Å²) in [4.78, 5) is 13.4. The van der Waals surface area contributed by atoms with Crippen molar-refractivity contribution >= 4 is 11.8 Å². The van der Waals surface area contributed by atoms with E-state index in [4.69, 9.17) is 0 Å². The van der Waals surface area contributed by atoms with Gasteiger partial charge in [-0.25, -0.2) is 9.48 Å². The standard InChI is InChI=1S/C15H17N3O3/c19-12-6-8-17(9-7-12)14-13(15(20)21)10-16-18(14)11-4-2-1-3-5-11/h1-5,10,12,19H,6-9H2,(H,20,21). The van der Waals surface area contributed by atoms with Crippen molar-refractivity contribution in [3.63, 3.8) is 0 Å². The molecule has 2 N–H and O–H groups in total. The quantitative estimate of drug-likeness (QED) is 0.895. The van der Waals surface area contributed by atoms with E-state index >= 15 is 0 Å². The van der Waals surface area contributed by atoms with E-state index in [2.05, 4.69) is 5.10 Å². The Balaban J connectivity index is 2.04. The van der Waals surface area contributed by atoms with Gasteiger partial charge in [0.2, 0.25) is 0 Å². The third-order valence-electron chi connectivity index (χ3n) is 3.74. The molecule has 0 aliphatic carbocycles. The molecule has 1 aliphatic rings.